The van der Waals surface area contributed by atoms with E-state index in [9.17, 15) is 9.59 Å². The first-order valence-corrected chi connectivity index (χ1v) is 5.92. The summed E-state index contributed by atoms with van der Waals surface area (Å²) in [6.45, 7) is 5.47. The molecule has 0 spiro atoms. The molecule has 1 rings (SSSR count). The van der Waals surface area contributed by atoms with Gasteiger partial charge in [0, 0.05) is 7.05 Å². The maximum atomic E-state index is 11.8. The lowest BCUT2D eigenvalue weighted by Gasteiger charge is -2.21. The van der Waals surface area contributed by atoms with Crippen LogP contribution in [-0.2, 0) is 14.3 Å². The molecule has 0 aromatic heterocycles. The molecule has 0 fully saturated rings. The quantitative estimate of drug-likeness (QED) is 0.787. The highest BCUT2D eigenvalue weighted by Gasteiger charge is 2.18. The van der Waals surface area contributed by atoms with E-state index in [1.165, 1.54) is 12.0 Å². The molecule has 19 heavy (non-hydrogen) atoms. The van der Waals surface area contributed by atoms with Crippen LogP contribution in [0.25, 0.3) is 0 Å². The van der Waals surface area contributed by atoms with Gasteiger partial charge >= 0.3 is 12.1 Å². The van der Waals surface area contributed by atoms with Crippen molar-refractivity contribution in [2.24, 2.45) is 0 Å². The van der Waals surface area contributed by atoms with Crippen LogP contribution in [0.4, 0.5) is 10.5 Å². The highest BCUT2D eigenvalue weighted by Crippen LogP contribution is 2.25. The van der Waals surface area contributed by atoms with Crippen molar-refractivity contribution in [1.29, 1.82) is 0 Å². The molecule has 0 N–H and O–H groups in total. The van der Waals surface area contributed by atoms with E-state index in [4.69, 9.17) is 4.74 Å². The first-order chi connectivity index (χ1) is 8.86. The standard InChI is InChI=1S/C14H19NO4/c1-9-6-10(2)13(11(3)7-9)15(4)14(17)19-8-12(16)18-5/h6-7H,8H2,1-5H3. The molecule has 0 aliphatic rings. The molecular formula is C14H19NO4. The third kappa shape index (κ3) is 3.71. The van der Waals surface area contributed by atoms with Gasteiger partial charge in [0.05, 0.1) is 12.8 Å². The summed E-state index contributed by atoms with van der Waals surface area (Å²) in [6, 6.07) is 3.98. The molecule has 0 saturated carbocycles. The van der Waals surface area contributed by atoms with Crippen LogP contribution < -0.4 is 4.90 Å². The third-order valence-corrected chi connectivity index (χ3v) is 2.79. The zero-order valence-electron chi connectivity index (χ0n) is 11.9. The van der Waals surface area contributed by atoms with E-state index >= 15 is 0 Å². The summed E-state index contributed by atoms with van der Waals surface area (Å²) < 4.78 is 9.28. The molecule has 1 aromatic rings. The molecule has 5 nitrogen and oxygen atoms in total. The zero-order valence-corrected chi connectivity index (χ0v) is 11.9. The largest absolute Gasteiger partial charge is 0.466 e. The summed E-state index contributed by atoms with van der Waals surface area (Å²) in [4.78, 5) is 24.2. The van der Waals surface area contributed by atoms with E-state index in [0.717, 1.165) is 22.4 Å². The van der Waals surface area contributed by atoms with Crippen LogP contribution >= 0.6 is 0 Å². The van der Waals surface area contributed by atoms with Crippen LogP contribution in [0.5, 0.6) is 0 Å². The fourth-order valence-corrected chi connectivity index (χ4v) is 2.07. The van der Waals surface area contributed by atoms with Gasteiger partial charge in [-0.25, -0.2) is 9.59 Å². The van der Waals surface area contributed by atoms with Gasteiger partial charge in [0.25, 0.3) is 0 Å². The van der Waals surface area contributed by atoms with Gasteiger partial charge < -0.3 is 9.47 Å². The number of anilines is 1. The Morgan fingerprint density at radius 2 is 1.68 bits per heavy atom. The summed E-state index contributed by atoms with van der Waals surface area (Å²) >= 11 is 0. The van der Waals surface area contributed by atoms with Crippen LogP contribution in [0, 0.1) is 20.8 Å². The molecule has 5 heteroatoms. The molecule has 0 unspecified atom stereocenters. The van der Waals surface area contributed by atoms with Crippen molar-refractivity contribution in [2.75, 3.05) is 25.7 Å². The van der Waals surface area contributed by atoms with Gasteiger partial charge in [0.2, 0.25) is 0 Å². The Balaban J connectivity index is 2.85. The van der Waals surface area contributed by atoms with Crippen molar-refractivity contribution in [3.8, 4) is 0 Å². The Hall–Kier alpha value is -2.04. The summed E-state index contributed by atoms with van der Waals surface area (Å²) in [5.74, 6) is -0.584. The number of amides is 1. The Bertz CT molecular complexity index is 473. The summed E-state index contributed by atoms with van der Waals surface area (Å²) in [5, 5.41) is 0. The van der Waals surface area contributed by atoms with E-state index in [1.54, 1.807) is 7.05 Å². The predicted octanol–water partition coefficient (Wildman–Crippen LogP) is 2.36. The second-order valence-corrected chi connectivity index (χ2v) is 4.44. The van der Waals surface area contributed by atoms with Crippen LogP contribution in [0.3, 0.4) is 0 Å². The van der Waals surface area contributed by atoms with Crippen molar-refractivity contribution < 1.29 is 19.1 Å². The van der Waals surface area contributed by atoms with Gasteiger partial charge in [-0.1, -0.05) is 17.7 Å². The molecule has 0 aliphatic heterocycles. The van der Waals surface area contributed by atoms with Crippen LogP contribution in [-0.4, -0.2) is 32.8 Å². The second kappa shape index (κ2) is 6.22. The van der Waals surface area contributed by atoms with Crippen LogP contribution in [0.15, 0.2) is 12.1 Å². The number of nitrogens with zero attached hydrogens (tertiary/aromatic N) is 1. The van der Waals surface area contributed by atoms with Crippen molar-refractivity contribution in [1.82, 2.24) is 0 Å². The van der Waals surface area contributed by atoms with Crippen molar-refractivity contribution >= 4 is 17.7 Å². The predicted molar refractivity (Wildman–Crippen MR) is 72.4 cm³/mol. The normalized spacial score (nSPS) is 9.95. The maximum Gasteiger partial charge on any atom is 0.414 e. The number of hydrogen-bond acceptors (Lipinski definition) is 4. The molecule has 1 aromatic carbocycles. The second-order valence-electron chi connectivity index (χ2n) is 4.44. The fraction of sp³-hybridized carbons (Fsp3) is 0.429. The lowest BCUT2D eigenvalue weighted by atomic mass is 10.0. The molecule has 0 heterocycles. The molecule has 0 atom stereocenters. The Labute approximate surface area is 113 Å². The summed E-state index contributed by atoms with van der Waals surface area (Å²) in [5.41, 5.74) is 3.89. The van der Waals surface area contributed by atoms with Gasteiger partial charge in [0.1, 0.15) is 0 Å². The lowest BCUT2D eigenvalue weighted by Crippen LogP contribution is -2.30. The SMILES string of the molecule is COC(=O)COC(=O)N(C)c1c(C)cc(C)cc1C. The van der Waals surface area contributed by atoms with Crippen LogP contribution in [0.1, 0.15) is 16.7 Å². The monoisotopic (exact) mass is 265 g/mol. The van der Waals surface area contributed by atoms with E-state index in [0.29, 0.717) is 0 Å². The van der Waals surface area contributed by atoms with E-state index < -0.39 is 12.1 Å². The highest BCUT2D eigenvalue weighted by atomic mass is 16.6. The molecule has 0 bridgehead atoms. The number of esters is 1. The Morgan fingerprint density at radius 3 is 2.16 bits per heavy atom. The Morgan fingerprint density at radius 1 is 1.16 bits per heavy atom. The van der Waals surface area contributed by atoms with E-state index in [1.807, 2.05) is 32.9 Å². The highest BCUT2D eigenvalue weighted by molar-refractivity contribution is 5.90. The van der Waals surface area contributed by atoms with Crippen molar-refractivity contribution in [3.63, 3.8) is 0 Å². The van der Waals surface area contributed by atoms with Gasteiger partial charge in [-0.05, 0) is 31.9 Å². The van der Waals surface area contributed by atoms with Gasteiger partial charge in [-0.3, -0.25) is 4.90 Å². The molecule has 0 radical (unpaired) electrons. The average Bonchev–Trinajstić information content (AvgIpc) is 2.33. The maximum absolute atomic E-state index is 11.8. The number of rotatable bonds is 3. The molecule has 0 aliphatic carbocycles. The van der Waals surface area contributed by atoms with Gasteiger partial charge in [-0.2, -0.15) is 0 Å². The minimum Gasteiger partial charge on any atom is -0.466 e. The minimum absolute atomic E-state index is 0.385. The Kier molecular flexibility index (Phi) is 4.92. The number of hydrogen-bond donors (Lipinski definition) is 0. The van der Waals surface area contributed by atoms with E-state index in [-0.39, 0.29) is 6.61 Å². The molecule has 104 valence electrons. The fourth-order valence-electron chi connectivity index (χ4n) is 2.07. The minimum atomic E-state index is -0.584. The van der Waals surface area contributed by atoms with Crippen LogP contribution in [0.2, 0.25) is 0 Å². The van der Waals surface area contributed by atoms with Crippen molar-refractivity contribution in [2.45, 2.75) is 20.8 Å². The van der Waals surface area contributed by atoms with Gasteiger partial charge in [0.15, 0.2) is 6.61 Å². The molecule has 1 amide bonds. The number of carbonyl (C=O) groups is 2. The number of methoxy groups -OCH3 is 1. The number of benzene rings is 1. The average molecular weight is 265 g/mol. The number of ether oxygens (including phenoxy) is 2. The molecule has 0 saturated heterocycles. The first kappa shape index (κ1) is 15.0. The summed E-state index contributed by atoms with van der Waals surface area (Å²) in [6.07, 6.45) is -0.583. The van der Waals surface area contributed by atoms with Crippen molar-refractivity contribution in [3.05, 3.63) is 28.8 Å². The van der Waals surface area contributed by atoms with Gasteiger partial charge in [-0.15, -0.1) is 0 Å². The topological polar surface area (TPSA) is 55.8 Å². The lowest BCUT2D eigenvalue weighted by molar-refractivity contribution is -0.143. The smallest absolute Gasteiger partial charge is 0.414 e. The molecular weight excluding hydrogens is 246 g/mol. The summed E-state index contributed by atoms with van der Waals surface area (Å²) in [7, 11) is 2.86. The first-order valence-electron chi connectivity index (χ1n) is 5.92. The van der Waals surface area contributed by atoms with E-state index in [2.05, 4.69) is 4.74 Å². The zero-order chi connectivity index (χ0) is 14.6. The number of aryl methyl sites for hydroxylation is 3. The third-order valence-electron chi connectivity index (χ3n) is 2.79. The number of carbonyl (C=O) groups excluding carboxylic acids is 2.